The summed E-state index contributed by atoms with van der Waals surface area (Å²) in [6, 6.07) is 15.1. The molecule has 124 valence electrons. The van der Waals surface area contributed by atoms with Crippen LogP contribution in [0.4, 0.5) is 5.69 Å². The number of halogens is 1. The van der Waals surface area contributed by atoms with Crippen LogP contribution in [-0.2, 0) is 22.6 Å². The Hall–Kier alpha value is -2.14. The van der Waals surface area contributed by atoms with Crippen LogP contribution in [0.1, 0.15) is 24.5 Å². The maximum Gasteiger partial charge on any atom is 0.243 e. The lowest BCUT2D eigenvalue weighted by Crippen LogP contribution is -2.47. The van der Waals surface area contributed by atoms with Crippen molar-refractivity contribution >= 4 is 33.4 Å². The molecule has 0 unspecified atom stereocenters. The SMILES string of the molecule is CCC(=O)N1c2ccccc2C[C@H]1C(=O)NCc1cccc(Br)c1. The first-order chi connectivity index (χ1) is 11.6. The van der Waals surface area contributed by atoms with Crippen molar-refractivity contribution in [2.45, 2.75) is 32.4 Å². The molecule has 5 heteroatoms. The van der Waals surface area contributed by atoms with Gasteiger partial charge in [-0.3, -0.25) is 14.5 Å². The number of nitrogens with zero attached hydrogens (tertiary/aromatic N) is 1. The molecule has 2 aromatic rings. The van der Waals surface area contributed by atoms with E-state index in [2.05, 4.69) is 21.2 Å². The number of hydrogen-bond acceptors (Lipinski definition) is 2. The van der Waals surface area contributed by atoms with Crippen molar-refractivity contribution in [3.8, 4) is 0 Å². The summed E-state index contributed by atoms with van der Waals surface area (Å²) in [7, 11) is 0. The zero-order chi connectivity index (χ0) is 17.1. The molecule has 2 aromatic carbocycles. The fourth-order valence-corrected chi connectivity index (χ4v) is 3.47. The zero-order valence-electron chi connectivity index (χ0n) is 13.5. The Balaban J connectivity index is 1.75. The van der Waals surface area contributed by atoms with Gasteiger partial charge in [0.05, 0.1) is 0 Å². The van der Waals surface area contributed by atoms with E-state index in [0.29, 0.717) is 19.4 Å². The van der Waals surface area contributed by atoms with E-state index in [1.54, 1.807) is 4.90 Å². The molecule has 0 bridgehead atoms. The molecule has 1 N–H and O–H groups in total. The summed E-state index contributed by atoms with van der Waals surface area (Å²) in [4.78, 5) is 26.7. The highest BCUT2D eigenvalue weighted by Crippen LogP contribution is 2.32. The topological polar surface area (TPSA) is 49.4 Å². The summed E-state index contributed by atoms with van der Waals surface area (Å²) in [6.45, 7) is 2.26. The Labute approximate surface area is 150 Å². The second kappa shape index (κ2) is 7.18. The van der Waals surface area contributed by atoms with Gasteiger partial charge in [0.25, 0.3) is 0 Å². The first kappa shape index (κ1) is 16.7. The molecule has 1 atom stereocenters. The lowest BCUT2D eigenvalue weighted by molar-refractivity contribution is -0.126. The van der Waals surface area contributed by atoms with Gasteiger partial charge >= 0.3 is 0 Å². The molecule has 1 aliphatic heterocycles. The highest BCUT2D eigenvalue weighted by molar-refractivity contribution is 9.10. The lowest BCUT2D eigenvalue weighted by Gasteiger charge is -2.24. The van der Waals surface area contributed by atoms with Crippen LogP contribution in [0, 0.1) is 0 Å². The average molecular weight is 387 g/mol. The highest BCUT2D eigenvalue weighted by Gasteiger charge is 2.37. The third-order valence-electron chi connectivity index (χ3n) is 4.21. The minimum absolute atomic E-state index is 0.0254. The number of hydrogen-bond donors (Lipinski definition) is 1. The Bertz CT molecular complexity index is 775. The van der Waals surface area contributed by atoms with Crippen molar-refractivity contribution in [3.05, 3.63) is 64.1 Å². The van der Waals surface area contributed by atoms with Crippen LogP contribution < -0.4 is 10.2 Å². The second-order valence-electron chi connectivity index (χ2n) is 5.81. The summed E-state index contributed by atoms with van der Waals surface area (Å²) in [5.41, 5.74) is 2.91. The van der Waals surface area contributed by atoms with Crippen molar-refractivity contribution in [2.24, 2.45) is 0 Å². The van der Waals surface area contributed by atoms with Gasteiger partial charge < -0.3 is 5.32 Å². The van der Waals surface area contributed by atoms with E-state index >= 15 is 0 Å². The number of carbonyl (C=O) groups excluding carboxylic acids is 2. The van der Waals surface area contributed by atoms with Crippen LogP contribution in [0.3, 0.4) is 0 Å². The van der Waals surface area contributed by atoms with Gasteiger partial charge in [-0.2, -0.15) is 0 Å². The zero-order valence-corrected chi connectivity index (χ0v) is 15.0. The predicted octanol–water partition coefficient (Wildman–Crippen LogP) is 3.43. The molecule has 4 nitrogen and oxygen atoms in total. The number of carbonyl (C=O) groups is 2. The van der Waals surface area contributed by atoms with Crippen LogP contribution in [0.2, 0.25) is 0 Å². The van der Waals surface area contributed by atoms with Crippen LogP contribution in [-0.4, -0.2) is 17.9 Å². The number of rotatable bonds is 4. The highest BCUT2D eigenvalue weighted by atomic mass is 79.9. The second-order valence-corrected chi connectivity index (χ2v) is 6.73. The summed E-state index contributed by atoms with van der Waals surface area (Å²) in [5, 5.41) is 2.96. The largest absolute Gasteiger partial charge is 0.350 e. The maximum atomic E-state index is 12.7. The van der Waals surface area contributed by atoms with E-state index in [0.717, 1.165) is 21.3 Å². The molecule has 0 spiro atoms. The molecule has 0 saturated heterocycles. The van der Waals surface area contributed by atoms with Crippen molar-refractivity contribution in [1.82, 2.24) is 5.32 Å². The number of benzene rings is 2. The first-order valence-corrected chi connectivity index (χ1v) is 8.81. The molecule has 0 aliphatic carbocycles. The predicted molar refractivity (Wildman–Crippen MR) is 97.7 cm³/mol. The number of amides is 2. The monoisotopic (exact) mass is 386 g/mol. The van der Waals surface area contributed by atoms with Crippen molar-refractivity contribution < 1.29 is 9.59 Å². The van der Waals surface area contributed by atoms with Gasteiger partial charge in [0.15, 0.2) is 0 Å². The van der Waals surface area contributed by atoms with Crippen molar-refractivity contribution in [1.29, 1.82) is 0 Å². The third kappa shape index (κ3) is 3.36. The summed E-state index contributed by atoms with van der Waals surface area (Å²) < 4.78 is 0.977. The smallest absolute Gasteiger partial charge is 0.243 e. The summed E-state index contributed by atoms with van der Waals surface area (Å²) in [6.07, 6.45) is 0.940. The Morgan fingerprint density at radius 3 is 2.75 bits per heavy atom. The van der Waals surface area contributed by atoms with E-state index < -0.39 is 6.04 Å². The number of fused-ring (bicyclic) bond motifs is 1. The standard InChI is InChI=1S/C19H19BrN2O2/c1-2-18(23)22-16-9-4-3-7-14(16)11-17(22)19(24)21-12-13-6-5-8-15(20)10-13/h3-10,17H,2,11-12H2,1H3,(H,21,24)/t17-/m0/s1. The van der Waals surface area contributed by atoms with E-state index in [1.807, 2.05) is 55.5 Å². The molecular weight excluding hydrogens is 368 g/mol. The molecule has 3 rings (SSSR count). The van der Waals surface area contributed by atoms with Crippen LogP contribution in [0.15, 0.2) is 53.0 Å². The normalized spacial score (nSPS) is 15.9. The number of para-hydroxylation sites is 1. The average Bonchev–Trinajstić information content (AvgIpc) is 2.98. The minimum atomic E-state index is -0.470. The van der Waals surface area contributed by atoms with Gasteiger partial charge in [-0.1, -0.05) is 53.2 Å². The number of anilines is 1. The summed E-state index contributed by atoms with van der Waals surface area (Å²) in [5.74, 6) is -0.143. The fraction of sp³-hybridized carbons (Fsp3) is 0.263. The van der Waals surface area contributed by atoms with Gasteiger partial charge in [0.1, 0.15) is 6.04 Å². The third-order valence-corrected chi connectivity index (χ3v) is 4.70. The Morgan fingerprint density at radius 1 is 1.21 bits per heavy atom. The molecule has 0 saturated carbocycles. The molecule has 0 aromatic heterocycles. The molecule has 1 aliphatic rings. The fourth-order valence-electron chi connectivity index (χ4n) is 3.03. The Kier molecular flexibility index (Phi) is 5.00. The van der Waals surface area contributed by atoms with E-state index in [9.17, 15) is 9.59 Å². The van der Waals surface area contributed by atoms with Gasteiger partial charge in [0.2, 0.25) is 11.8 Å². The molecule has 0 fully saturated rings. The maximum absolute atomic E-state index is 12.7. The number of nitrogens with one attached hydrogen (secondary N) is 1. The molecule has 1 heterocycles. The molecule has 24 heavy (non-hydrogen) atoms. The molecule has 2 amide bonds. The molecular formula is C19H19BrN2O2. The Morgan fingerprint density at radius 2 is 2.00 bits per heavy atom. The quantitative estimate of drug-likeness (QED) is 0.874. The van der Waals surface area contributed by atoms with Gasteiger partial charge in [-0.15, -0.1) is 0 Å². The van der Waals surface area contributed by atoms with E-state index in [-0.39, 0.29) is 11.8 Å². The lowest BCUT2D eigenvalue weighted by atomic mass is 10.1. The van der Waals surface area contributed by atoms with Gasteiger partial charge in [-0.05, 0) is 29.3 Å². The van der Waals surface area contributed by atoms with Crippen LogP contribution in [0.5, 0.6) is 0 Å². The van der Waals surface area contributed by atoms with Gasteiger partial charge in [0, 0.05) is 29.5 Å². The van der Waals surface area contributed by atoms with Crippen molar-refractivity contribution in [2.75, 3.05) is 4.90 Å². The van der Waals surface area contributed by atoms with Crippen LogP contribution in [0.25, 0.3) is 0 Å². The minimum Gasteiger partial charge on any atom is -0.350 e. The van der Waals surface area contributed by atoms with Crippen molar-refractivity contribution in [3.63, 3.8) is 0 Å². The van der Waals surface area contributed by atoms with Crippen LogP contribution >= 0.6 is 15.9 Å². The first-order valence-electron chi connectivity index (χ1n) is 8.02. The van der Waals surface area contributed by atoms with E-state index in [1.165, 1.54) is 0 Å². The van der Waals surface area contributed by atoms with E-state index in [4.69, 9.17) is 0 Å². The van der Waals surface area contributed by atoms with Gasteiger partial charge in [-0.25, -0.2) is 0 Å². The molecule has 0 radical (unpaired) electrons. The summed E-state index contributed by atoms with van der Waals surface area (Å²) >= 11 is 3.43.